The van der Waals surface area contributed by atoms with E-state index in [2.05, 4.69) is 5.10 Å². The normalized spacial score (nSPS) is 13.3. The Morgan fingerprint density at radius 1 is 1.43 bits per heavy atom. The number of aliphatic hydroxyl groups is 1. The fraction of sp³-hybridized carbons (Fsp3) is 0.300. The lowest BCUT2D eigenvalue weighted by molar-refractivity contribution is 0.159. The molecule has 2 aromatic rings. The van der Waals surface area contributed by atoms with Gasteiger partial charge in [-0.3, -0.25) is 4.68 Å². The number of fused-ring (bicyclic) bond motifs is 1. The molecular formula is C10H13N3O. The van der Waals surface area contributed by atoms with Gasteiger partial charge in [0.1, 0.15) is 0 Å². The van der Waals surface area contributed by atoms with Gasteiger partial charge in [0.05, 0.1) is 24.4 Å². The van der Waals surface area contributed by atoms with Crippen LogP contribution in [-0.4, -0.2) is 27.5 Å². The van der Waals surface area contributed by atoms with Crippen molar-refractivity contribution in [1.29, 1.82) is 0 Å². The van der Waals surface area contributed by atoms with Gasteiger partial charge < -0.3 is 10.8 Å². The van der Waals surface area contributed by atoms with E-state index in [4.69, 9.17) is 5.73 Å². The van der Waals surface area contributed by atoms with Gasteiger partial charge in [-0.25, -0.2) is 0 Å². The molecule has 0 fully saturated rings. The van der Waals surface area contributed by atoms with Crippen molar-refractivity contribution in [2.24, 2.45) is 5.73 Å². The Balaban J connectivity index is 2.33. The average Bonchev–Trinajstić information content (AvgIpc) is 2.62. The van der Waals surface area contributed by atoms with Crippen LogP contribution in [0.1, 0.15) is 0 Å². The van der Waals surface area contributed by atoms with Crippen molar-refractivity contribution < 1.29 is 5.11 Å². The summed E-state index contributed by atoms with van der Waals surface area (Å²) in [5.41, 5.74) is 6.37. The Labute approximate surface area is 81.9 Å². The number of para-hydroxylation sites is 1. The minimum atomic E-state index is -0.529. The SMILES string of the molecule is NC[C@H](O)Cn1ncc2ccccc21. The second-order valence-corrected chi connectivity index (χ2v) is 3.28. The first-order valence-corrected chi connectivity index (χ1v) is 4.60. The van der Waals surface area contributed by atoms with Crippen molar-refractivity contribution in [3.63, 3.8) is 0 Å². The van der Waals surface area contributed by atoms with Crippen LogP contribution in [0.25, 0.3) is 10.9 Å². The molecule has 0 aliphatic heterocycles. The highest BCUT2D eigenvalue weighted by atomic mass is 16.3. The quantitative estimate of drug-likeness (QED) is 0.736. The average molecular weight is 191 g/mol. The molecule has 14 heavy (non-hydrogen) atoms. The number of hydrogen-bond acceptors (Lipinski definition) is 3. The molecule has 0 saturated heterocycles. The number of benzene rings is 1. The lowest BCUT2D eigenvalue weighted by Gasteiger charge is -2.08. The first-order valence-electron chi connectivity index (χ1n) is 4.60. The molecule has 4 nitrogen and oxygen atoms in total. The summed E-state index contributed by atoms with van der Waals surface area (Å²) < 4.78 is 1.77. The van der Waals surface area contributed by atoms with E-state index in [1.807, 2.05) is 24.3 Å². The molecule has 0 saturated carbocycles. The maximum atomic E-state index is 9.40. The van der Waals surface area contributed by atoms with Crippen LogP contribution < -0.4 is 5.73 Å². The van der Waals surface area contributed by atoms with Crippen LogP contribution in [0.3, 0.4) is 0 Å². The van der Waals surface area contributed by atoms with E-state index in [1.54, 1.807) is 10.9 Å². The van der Waals surface area contributed by atoms with Gasteiger partial charge in [0.25, 0.3) is 0 Å². The number of hydrogen-bond donors (Lipinski definition) is 2. The molecule has 0 radical (unpaired) electrons. The molecule has 0 aliphatic carbocycles. The fourth-order valence-electron chi connectivity index (χ4n) is 1.45. The predicted molar refractivity (Wildman–Crippen MR) is 54.8 cm³/mol. The Bertz CT molecular complexity index is 424. The molecule has 1 heterocycles. The Morgan fingerprint density at radius 2 is 2.21 bits per heavy atom. The van der Waals surface area contributed by atoms with E-state index in [0.717, 1.165) is 10.9 Å². The van der Waals surface area contributed by atoms with Crippen molar-refractivity contribution in [3.8, 4) is 0 Å². The summed E-state index contributed by atoms with van der Waals surface area (Å²) >= 11 is 0. The van der Waals surface area contributed by atoms with Crippen LogP contribution >= 0.6 is 0 Å². The molecule has 0 aliphatic rings. The number of nitrogens with zero attached hydrogens (tertiary/aromatic N) is 2. The molecule has 3 N–H and O–H groups in total. The highest BCUT2D eigenvalue weighted by Crippen LogP contribution is 2.12. The summed E-state index contributed by atoms with van der Waals surface area (Å²) in [5, 5.41) is 14.7. The molecule has 1 atom stereocenters. The number of rotatable bonds is 3. The first kappa shape index (κ1) is 9.18. The zero-order chi connectivity index (χ0) is 9.97. The van der Waals surface area contributed by atoms with Gasteiger partial charge >= 0.3 is 0 Å². The maximum absolute atomic E-state index is 9.40. The van der Waals surface area contributed by atoms with Crippen molar-refractivity contribution in [1.82, 2.24) is 9.78 Å². The van der Waals surface area contributed by atoms with Crippen molar-refractivity contribution in [3.05, 3.63) is 30.5 Å². The summed E-state index contributed by atoms with van der Waals surface area (Å²) in [6.45, 7) is 0.707. The first-order chi connectivity index (χ1) is 6.81. The standard InChI is InChI=1S/C10H13N3O/c11-5-9(14)7-13-10-4-2-1-3-8(10)6-12-13/h1-4,6,9,14H,5,7,11H2/t9-/m0/s1. The summed E-state index contributed by atoms with van der Waals surface area (Å²) in [7, 11) is 0. The van der Waals surface area contributed by atoms with E-state index in [1.165, 1.54) is 0 Å². The minimum absolute atomic E-state index is 0.258. The third-order valence-electron chi connectivity index (χ3n) is 2.21. The van der Waals surface area contributed by atoms with E-state index >= 15 is 0 Å². The van der Waals surface area contributed by atoms with Crippen LogP contribution in [0.5, 0.6) is 0 Å². The van der Waals surface area contributed by atoms with Crippen LogP contribution in [0, 0.1) is 0 Å². The molecule has 2 rings (SSSR count). The largest absolute Gasteiger partial charge is 0.390 e. The van der Waals surface area contributed by atoms with Gasteiger partial charge in [-0.05, 0) is 6.07 Å². The Kier molecular flexibility index (Phi) is 2.47. The number of aromatic nitrogens is 2. The van der Waals surface area contributed by atoms with Crippen LogP contribution in [0.2, 0.25) is 0 Å². The monoisotopic (exact) mass is 191 g/mol. The van der Waals surface area contributed by atoms with Crippen molar-refractivity contribution in [2.45, 2.75) is 12.6 Å². The zero-order valence-electron chi connectivity index (χ0n) is 7.80. The highest BCUT2D eigenvalue weighted by molar-refractivity contribution is 5.78. The maximum Gasteiger partial charge on any atom is 0.0858 e. The van der Waals surface area contributed by atoms with Gasteiger partial charge in [0, 0.05) is 11.9 Å². The fourth-order valence-corrected chi connectivity index (χ4v) is 1.45. The van der Waals surface area contributed by atoms with Crippen LogP contribution in [0.4, 0.5) is 0 Å². The topological polar surface area (TPSA) is 64.1 Å². The molecule has 4 heteroatoms. The molecule has 1 aromatic carbocycles. The highest BCUT2D eigenvalue weighted by Gasteiger charge is 2.06. The third-order valence-corrected chi connectivity index (χ3v) is 2.21. The lowest BCUT2D eigenvalue weighted by Crippen LogP contribution is -2.25. The lowest BCUT2D eigenvalue weighted by atomic mass is 10.2. The van der Waals surface area contributed by atoms with Crippen LogP contribution in [-0.2, 0) is 6.54 Å². The molecule has 0 bridgehead atoms. The summed E-state index contributed by atoms with van der Waals surface area (Å²) in [5.74, 6) is 0. The predicted octanol–water partition coefficient (Wildman–Crippen LogP) is 0.356. The second-order valence-electron chi connectivity index (χ2n) is 3.28. The number of nitrogens with two attached hydrogens (primary N) is 1. The summed E-state index contributed by atoms with van der Waals surface area (Å²) in [4.78, 5) is 0. The van der Waals surface area contributed by atoms with Gasteiger partial charge in [0.15, 0.2) is 0 Å². The molecule has 0 unspecified atom stereocenters. The van der Waals surface area contributed by atoms with Gasteiger partial charge in [-0.1, -0.05) is 18.2 Å². The Hall–Kier alpha value is -1.39. The number of aliphatic hydroxyl groups excluding tert-OH is 1. The second kappa shape index (κ2) is 3.77. The molecule has 0 amide bonds. The minimum Gasteiger partial charge on any atom is -0.390 e. The summed E-state index contributed by atoms with van der Waals surface area (Å²) in [6.07, 6.45) is 1.26. The van der Waals surface area contributed by atoms with Crippen molar-refractivity contribution in [2.75, 3.05) is 6.54 Å². The van der Waals surface area contributed by atoms with E-state index < -0.39 is 6.10 Å². The van der Waals surface area contributed by atoms with E-state index in [0.29, 0.717) is 6.54 Å². The summed E-state index contributed by atoms with van der Waals surface area (Å²) in [6, 6.07) is 7.89. The van der Waals surface area contributed by atoms with Gasteiger partial charge in [-0.15, -0.1) is 0 Å². The van der Waals surface area contributed by atoms with E-state index in [9.17, 15) is 5.11 Å². The third kappa shape index (κ3) is 1.62. The molecule has 1 aromatic heterocycles. The van der Waals surface area contributed by atoms with E-state index in [-0.39, 0.29) is 6.54 Å². The Morgan fingerprint density at radius 3 is 3.00 bits per heavy atom. The molecule has 0 spiro atoms. The molecular weight excluding hydrogens is 178 g/mol. The van der Waals surface area contributed by atoms with Gasteiger partial charge in [-0.2, -0.15) is 5.10 Å². The molecule has 74 valence electrons. The van der Waals surface area contributed by atoms with Crippen molar-refractivity contribution >= 4 is 10.9 Å². The van der Waals surface area contributed by atoms with Crippen LogP contribution in [0.15, 0.2) is 30.5 Å². The smallest absolute Gasteiger partial charge is 0.0858 e. The zero-order valence-corrected chi connectivity index (χ0v) is 7.80. The van der Waals surface area contributed by atoms with Gasteiger partial charge in [0.2, 0.25) is 0 Å².